The van der Waals surface area contributed by atoms with Crippen LogP contribution >= 0.6 is 0 Å². The van der Waals surface area contributed by atoms with Crippen LogP contribution in [0.5, 0.6) is 6.01 Å². The Kier molecular flexibility index (Phi) is 8.05. The molecule has 7 nitrogen and oxygen atoms in total. The van der Waals surface area contributed by atoms with Crippen LogP contribution in [0.3, 0.4) is 0 Å². The molecule has 45 heavy (non-hydrogen) atoms. The minimum absolute atomic E-state index is 0.0000142. The molecule has 9 heteroatoms. The summed E-state index contributed by atoms with van der Waals surface area (Å²) in [4.78, 5) is 17.1. The maximum absolute atomic E-state index is 17.0. The summed E-state index contributed by atoms with van der Waals surface area (Å²) in [7, 11) is 0. The van der Waals surface area contributed by atoms with Gasteiger partial charge >= 0.3 is 6.01 Å². The first-order chi connectivity index (χ1) is 21.9. The summed E-state index contributed by atoms with van der Waals surface area (Å²) in [5, 5.41) is 8.88. The molecule has 5 heterocycles. The first kappa shape index (κ1) is 29.8. The van der Waals surface area contributed by atoms with Crippen LogP contribution in [0.2, 0.25) is 0 Å². The minimum Gasteiger partial charge on any atom is -0.461 e. The summed E-state index contributed by atoms with van der Waals surface area (Å²) < 4.78 is 38.3. The molecule has 3 aliphatic rings. The van der Waals surface area contributed by atoms with E-state index in [1.54, 1.807) is 12.1 Å². The molecule has 0 amide bonds. The van der Waals surface area contributed by atoms with Gasteiger partial charge in [-0.25, -0.2) is 13.8 Å². The van der Waals surface area contributed by atoms with Gasteiger partial charge in [0.25, 0.3) is 0 Å². The van der Waals surface area contributed by atoms with Crippen LogP contribution in [0.1, 0.15) is 76.0 Å². The molecule has 2 aromatic carbocycles. The Balaban J connectivity index is 1.40. The van der Waals surface area contributed by atoms with Crippen molar-refractivity contribution in [3.05, 3.63) is 53.2 Å². The molecule has 2 N–H and O–H groups in total. The van der Waals surface area contributed by atoms with E-state index in [2.05, 4.69) is 35.3 Å². The molecule has 0 saturated carbocycles. The number of hydrogen-bond acceptors (Lipinski definition) is 7. The number of nitrogens with zero attached hydrogens (tertiary/aromatic N) is 4. The van der Waals surface area contributed by atoms with E-state index in [1.807, 2.05) is 12.1 Å². The SMILES string of the molecule is C#Cc1c(F)ccc2cccc(-c3nc4c5c(nc(OCC67CCCN6CCC7)nc5c3F)NC(CNCCC)CC[C@H]4C)c12. The fraction of sp³-hybridized carbons (Fsp3) is 0.472. The zero-order valence-corrected chi connectivity index (χ0v) is 26.1. The fourth-order valence-corrected chi connectivity index (χ4v) is 7.69. The summed E-state index contributed by atoms with van der Waals surface area (Å²) in [6, 6.07) is 8.67. The minimum atomic E-state index is -0.598. The zero-order valence-electron chi connectivity index (χ0n) is 26.1. The number of hydrogen-bond donors (Lipinski definition) is 2. The van der Waals surface area contributed by atoms with Gasteiger partial charge in [0.15, 0.2) is 5.82 Å². The molecule has 1 unspecified atom stereocenters. The first-order valence-corrected chi connectivity index (χ1v) is 16.4. The number of fused-ring (bicyclic) bond motifs is 2. The maximum atomic E-state index is 17.0. The summed E-state index contributed by atoms with van der Waals surface area (Å²) in [5.74, 6) is 1.90. The Labute approximate surface area is 263 Å². The van der Waals surface area contributed by atoms with Crippen molar-refractivity contribution in [2.75, 3.05) is 38.1 Å². The number of aromatic nitrogens is 3. The highest BCUT2D eigenvalue weighted by atomic mass is 19.1. The lowest BCUT2D eigenvalue weighted by Gasteiger charge is -2.31. The molecule has 3 aliphatic heterocycles. The molecule has 2 fully saturated rings. The summed E-state index contributed by atoms with van der Waals surface area (Å²) >= 11 is 0. The van der Waals surface area contributed by atoms with Gasteiger partial charge in [-0.1, -0.05) is 44.0 Å². The number of pyridine rings is 1. The normalized spacial score (nSPS) is 20.9. The van der Waals surface area contributed by atoms with E-state index in [-0.39, 0.29) is 40.3 Å². The Morgan fingerprint density at radius 2 is 1.91 bits per heavy atom. The predicted octanol–water partition coefficient (Wildman–Crippen LogP) is 6.79. The highest BCUT2D eigenvalue weighted by Crippen LogP contribution is 2.42. The van der Waals surface area contributed by atoms with E-state index < -0.39 is 11.6 Å². The standard InChI is InChI=1S/C36H40F2N6O/c1-4-17-39-20-24-13-11-22(3)31-29-33(42-35(43-34(29)40-24)45-21-36-15-7-18-44(36)19-8-16-36)30(38)32(41-31)26-10-6-9-23-12-14-27(37)25(5-2)28(23)26/h2,6,9-10,12,14,22,24,39H,4,7-8,11,13,15-21H2,1,3H3,(H,40,42,43)/t22-,24?/m1/s1. The smallest absolute Gasteiger partial charge is 0.319 e. The van der Waals surface area contributed by atoms with E-state index >= 15 is 4.39 Å². The fourth-order valence-electron chi connectivity index (χ4n) is 7.69. The van der Waals surface area contributed by atoms with Gasteiger partial charge in [-0.05, 0) is 82.0 Å². The number of nitrogens with one attached hydrogen (secondary N) is 2. The third-order valence-electron chi connectivity index (χ3n) is 10.0. The molecule has 2 saturated heterocycles. The third kappa shape index (κ3) is 5.28. The van der Waals surface area contributed by atoms with E-state index in [9.17, 15) is 4.39 Å². The van der Waals surface area contributed by atoms with Gasteiger partial charge in [0, 0.05) is 23.5 Å². The third-order valence-corrected chi connectivity index (χ3v) is 10.0. The van der Waals surface area contributed by atoms with Crippen LogP contribution in [0, 0.1) is 24.0 Å². The van der Waals surface area contributed by atoms with E-state index in [0.717, 1.165) is 71.1 Å². The molecular weight excluding hydrogens is 570 g/mol. The van der Waals surface area contributed by atoms with E-state index in [1.165, 1.54) is 6.07 Å². The van der Waals surface area contributed by atoms with Crippen LogP contribution in [0.15, 0.2) is 30.3 Å². The Hall–Kier alpha value is -3.87. The Morgan fingerprint density at radius 3 is 2.69 bits per heavy atom. The molecule has 2 aromatic heterocycles. The van der Waals surface area contributed by atoms with Crippen LogP contribution in [-0.4, -0.2) is 64.2 Å². The maximum Gasteiger partial charge on any atom is 0.319 e. The second kappa shape index (κ2) is 12.1. The molecule has 2 atom stereocenters. The first-order valence-electron chi connectivity index (χ1n) is 16.4. The van der Waals surface area contributed by atoms with Crippen molar-refractivity contribution in [1.82, 2.24) is 25.2 Å². The number of anilines is 1. The molecule has 234 valence electrons. The lowest BCUT2D eigenvalue weighted by molar-refractivity contribution is 0.108. The van der Waals surface area contributed by atoms with Crippen molar-refractivity contribution in [2.45, 2.75) is 76.3 Å². The molecule has 4 aromatic rings. The van der Waals surface area contributed by atoms with Gasteiger partial charge < -0.3 is 15.4 Å². The van der Waals surface area contributed by atoms with Gasteiger partial charge in [-0.15, -0.1) is 6.42 Å². The Bertz CT molecular complexity index is 1790. The predicted molar refractivity (Wildman–Crippen MR) is 175 cm³/mol. The van der Waals surface area contributed by atoms with Gasteiger partial charge in [-0.2, -0.15) is 9.97 Å². The Morgan fingerprint density at radius 1 is 1.09 bits per heavy atom. The van der Waals surface area contributed by atoms with Crippen molar-refractivity contribution < 1.29 is 13.5 Å². The van der Waals surface area contributed by atoms with Gasteiger partial charge in [0.05, 0.1) is 22.2 Å². The molecule has 0 radical (unpaired) electrons. The quantitative estimate of drug-likeness (QED) is 0.168. The van der Waals surface area contributed by atoms with Crippen LogP contribution in [0.25, 0.3) is 32.9 Å². The highest BCUT2D eigenvalue weighted by molar-refractivity contribution is 6.02. The average Bonchev–Trinajstić information content (AvgIpc) is 3.63. The van der Waals surface area contributed by atoms with E-state index in [0.29, 0.717) is 39.8 Å². The summed E-state index contributed by atoms with van der Waals surface area (Å²) in [6.07, 6.45) is 13.0. The van der Waals surface area contributed by atoms with Gasteiger partial charge in [0.2, 0.25) is 0 Å². The lowest BCUT2D eigenvalue weighted by Crippen LogP contribution is -2.43. The van der Waals surface area contributed by atoms with Crippen LogP contribution in [-0.2, 0) is 0 Å². The molecule has 0 spiro atoms. The van der Waals surface area contributed by atoms with Crippen molar-refractivity contribution in [3.8, 4) is 29.6 Å². The molecule has 7 rings (SSSR count). The number of halogens is 2. The summed E-state index contributed by atoms with van der Waals surface area (Å²) in [5.41, 5.74) is 1.49. The van der Waals surface area contributed by atoms with Crippen LogP contribution < -0.4 is 15.4 Å². The second-order valence-corrected chi connectivity index (χ2v) is 12.9. The molecule has 0 bridgehead atoms. The van der Waals surface area contributed by atoms with Gasteiger partial charge in [0.1, 0.15) is 29.5 Å². The topological polar surface area (TPSA) is 75.2 Å². The highest BCUT2D eigenvalue weighted by Gasteiger charge is 2.45. The zero-order chi connectivity index (χ0) is 31.1. The second-order valence-electron chi connectivity index (χ2n) is 12.9. The monoisotopic (exact) mass is 610 g/mol. The van der Waals surface area contributed by atoms with E-state index in [4.69, 9.17) is 26.1 Å². The number of terminal acetylenes is 1. The van der Waals surface area contributed by atoms with Crippen molar-refractivity contribution >= 4 is 27.5 Å². The van der Waals surface area contributed by atoms with Gasteiger partial charge in [-0.3, -0.25) is 4.90 Å². The van der Waals surface area contributed by atoms with Crippen molar-refractivity contribution in [2.24, 2.45) is 0 Å². The summed E-state index contributed by atoms with van der Waals surface area (Å²) in [6.45, 7) is 8.57. The largest absolute Gasteiger partial charge is 0.461 e. The number of benzene rings is 2. The number of rotatable bonds is 8. The van der Waals surface area contributed by atoms with Crippen molar-refractivity contribution in [3.63, 3.8) is 0 Å². The lowest BCUT2D eigenvalue weighted by atomic mass is 9.91. The van der Waals surface area contributed by atoms with Crippen molar-refractivity contribution in [1.29, 1.82) is 0 Å². The number of ether oxygens (including phenoxy) is 1. The van der Waals surface area contributed by atoms with Crippen LogP contribution in [0.4, 0.5) is 14.6 Å². The molecular formula is C36H40F2N6O. The molecule has 0 aliphatic carbocycles. The average molecular weight is 611 g/mol.